The van der Waals surface area contributed by atoms with E-state index in [1.165, 1.54) is 63.7 Å². The van der Waals surface area contributed by atoms with Crippen molar-refractivity contribution < 1.29 is 0 Å². The van der Waals surface area contributed by atoms with Crippen LogP contribution in [-0.2, 0) is 6.54 Å². The summed E-state index contributed by atoms with van der Waals surface area (Å²) in [5.74, 6) is 2.58. The van der Waals surface area contributed by atoms with Crippen LogP contribution >= 0.6 is 0 Å². The Kier molecular flexibility index (Phi) is 4.14. The second-order valence-corrected chi connectivity index (χ2v) is 7.58. The molecule has 0 unspecified atom stereocenters. The molecule has 3 fully saturated rings. The minimum Gasteiger partial charge on any atom is -0.302 e. The molecule has 4 rings (SSSR count). The lowest BCUT2D eigenvalue weighted by atomic mass is 9.89. The molecule has 1 aromatic heterocycles. The summed E-state index contributed by atoms with van der Waals surface area (Å²) < 4.78 is 0. The molecule has 1 aromatic rings. The number of hydrogen-bond donors (Lipinski definition) is 0. The molecule has 1 aliphatic carbocycles. The highest BCUT2D eigenvalue weighted by atomic mass is 15.3. The summed E-state index contributed by atoms with van der Waals surface area (Å²) in [7, 11) is 2.27. The first kappa shape index (κ1) is 14.6. The molecule has 2 saturated heterocycles. The van der Waals surface area contributed by atoms with Crippen molar-refractivity contribution >= 4 is 0 Å². The molecule has 0 aromatic carbocycles. The van der Waals surface area contributed by atoms with Crippen LogP contribution in [0.15, 0.2) is 12.4 Å². The average Bonchev–Trinajstić information content (AvgIpc) is 3.11. The molecule has 0 spiro atoms. The Morgan fingerprint density at radius 1 is 1.05 bits per heavy atom. The zero-order valence-corrected chi connectivity index (χ0v) is 13.7. The fraction of sp³-hybridized carbons (Fsp3) is 0.778. The van der Waals surface area contributed by atoms with E-state index in [0.29, 0.717) is 5.92 Å². The van der Waals surface area contributed by atoms with Gasteiger partial charge >= 0.3 is 0 Å². The normalized spacial score (nSPS) is 30.8. The lowest BCUT2D eigenvalue weighted by molar-refractivity contribution is 0.255. The van der Waals surface area contributed by atoms with Gasteiger partial charge in [0.2, 0.25) is 0 Å². The molecule has 4 heteroatoms. The molecular formula is C18H28N4. The topological polar surface area (TPSA) is 32.3 Å². The number of rotatable bonds is 3. The third-order valence-electron chi connectivity index (χ3n) is 6.00. The van der Waals surface area contributed by atoms with E-state index in [9.17, 15) is 0 Å². The number of aromatic nitrogens is 2. The standard InChI is InChI=1S/C18H28N4/c1-21-8-7-16-12-22(13-17(16)21)11-14-9-19-18(20-10-14)15-5-3-2-4-6-15/h9-10,15-17H,2-8,11-13H2,1H3/t16-,17+/m0/s1. The first-order valence-electron chi connectivity index (χ1n) is 9.03. The Labute approximate surface area is 133 Å². The van der Waals surface area contributed by atoms with Gasteiger partial charge in [0, 0.05) is 49.6 Å². The van der Waals surface area contributed by atoms with Gasteiger partial charge in [-0.2, -0.15) is 0 Å². The van der Waals surface area contributed by atoms with E-state index in [1.807, 2.05) is 0 Å². The zero-order chi connectivity index (χ0) is 14.9. The zero-order valence-electron chi connectivity index (χ0n) is 13.7. The Balaban J connectivity index is 1.35. The van der Waals surface area contributed by atoms with Gasteiger partial charge in [-0.1, -0.05) is 19.3 Å². The SMILES string of the molecule is CN1CC[C@H]2CN(Cc3cnc(C4CCCCC4)nc3)C[C@H]21. The first-order valence-corrected chi connectivity index (χ1v) is 9.03. The van der Waals surface area contributed by atoms with Crippen LogP contribution < -0.4 is 0 Å². The molecule has 3 aliphatic rings. The van der Waals surface area contributed by atoms with Crippen LogP contribution in [0.1, 0.15) is 55.8 Å². The maximum atomic E-state index is 4.68. The quantitative estimate of drug-likeness (QED) is 0.859. The third-order valence-corrected chi connectivity index (χ3v) is 6.00. The molecule has 120 valence electrons. The van der Waals surface area contributed by atoms with Gasteiger partial charge < -0.3 is 4.90 Å². The molecular weight excluding hydrogens is 272 g/mol. The molecule has 0 bridgehead atoms. The Morgan fingerprint density at radius 2 is 1.82 bits per heavy atom. The van der Waals surface area contributed by atoms with Gasteiger partial charge in [0.15, 0.2) is 0 Å². The van der Waals surface area contributed by atoms with Crippen LogP contribution in [0.25, 0.3) is 0 Å². The number of nitrogens with zero attached hydrogens (tertiary/aromatic N) is 4. The number of fused-ring (bicyclic) bond motifs is 1. The minimum atomic E-state index is 0.614. The lowest BCUT2D eigenvalue weighted by Crippen LogP contribution is -2.31. The maximum Gasteiger partial charge on any atom is 0.131 e. The average molecular weight is 300 g/mol. The van der Waals surface area contributed by atoms with E-state index in [2.05, 4.69) is 39.2 Å². The summed E-state index contributed by atoms with van der Waals surface area (Å²) in [6.07, 6.45) is 12.2. The van der Waals surface area contributed by atoms with E-state index in [4.69, 9.17) is 0 Å². The smallest absolute Gasteiger partial charge is 0.131 e. The minimum absolute atomic E-state index is 0.614. The van der Waals surface area contributed by atoms with E-state index in [-0.39, 0.29) is 0 Å². The molecule has 0 N–H and O–H groups in total. The Hall–Kier alpha value is -1.00. The van der Waals surface area contributed by atoms with E-state index in [1.54, 1.807) is 0 Å². The number of likely N-dealkylation sites (tertiary alicyclic amines) is 2. The van der Waals surface area contributed by atoms with Gasteiger partial charge in [-0.05, 0) is 38.8 Å². The monoisotopic (exact) mass is 300 g/mol. The highest BCUT2D eigenvalue weighted by Gasteiger charge is 2.39. The highest BCUT2D eigenvalue weighted by molar-refractivity contribution is 5.09. The van der Waals surface area contributed by atoms with Crippen LogP contribution in [-0.4, -0.2) is 52.5 Å². The van der Waals surface area contributed by atoms with Gasteiger partial charge in [0.25, 0.3) is 0 Å². The molecule has 4 nitrogen and oxygen atoms in total. The van der Waals surface area contributed by atoms with Crippen molar-refractivity contribution in [2.45, 2.75) is 57.0 Å². The predicted molar refractivity (Wildman–Crippen MR) is 87.7 cm³/mol. The second-order valence-electron chi connectivity index (χ2n) is 7.58. The van der Waals surface area contributed by atoms with Crippen LogP contribution in [0.2, 0.25) is 0 Å². The second kappa shape index (κ2) is 6.25. The number of hydrogen-bond acceptors (Lipinski definition) is 4. The third kappa shape index (κ3) is 2.91. The van der Waals surface area contributed by atoms with Crippen molar-refractivity contribution in [1.82, 2.24) is 19.8 Å². The molecule has 2 atom stereocenters. The fourth-order valence-electron chi connectivity index (χ4n) is 4.67. The van der Waals surface area contributed by atoms with Gasteiger partial charge in [-0.3, -0.25) is 4.90 Å². The van der Waals surface area contributed by atoms with Crippen molar-refractivity contribution in [3.8, 4) is 0 Å². The lowest BCUT2D eigenvalue weighted by Gasteiger charge is -2.21. The summed E-state index contributed by atoms with van der Waals surface area (Å²) in [6, 6.07) is 0.780. The summed E-state index contributed by atoms with van der Waals surface area (Å²) in [5.41, 5.74) is 1.28. The molecule has 0 radical (unpaired) electrons. The molecule has 2 aliphatic heterocycles. The van der Waals surface area contributed by atoms with E-state index in [0.717, 1.165) is 24.3 Å². The summed E-state index contributed by atoms with van der Waals surface area (Å²) >= 11 is 0. The molecule has 22 heavy (non-hydrogen) atoms. The summed E-state index contributed by atoms with van der Waals surface area (Å²) in [6.45, 7) is 4.76. The van der Waals surface area contributed by atoms with E-state index < -0.39 is 0 Å². The first-order chi connectivity index (χ1) is 10.8. The Morgan fingerprint density at radius 3 is 2.55 bits per heavy atom. The fourth-order valence-corrected chi connectivity index (χ4v) is 4.67. The van der Waals surface area contributed by atoms with Crippen molar-refractivity contribution in [1.29, 1.82) is 0 Å². The highest BCUT2D eigenvalue weighted by Crippen LogP contribution is 2.32. The number of likely N-dealkylation sites (N-methyl/N-ethyl adjacent to an activating group) is 1. The van der Waals surface area contributed by atoms with Crippen molar-refractivity contribution in [2.24, 2.45) is 5.92 Å². The summed E-state index contributed by atoms with van der Waals surface area (Å²) in [4.78, 5) is 14.5. The van der Waals surface area contributed by atoms with Crippen molar-refractivity contribution in [2.75, 3.05) is 26.7 Å². The van der Waals surface area contributed by atoms with Gasteiger partial charge in [0.05, 0.1) is 0 Å². The molecule has 1 saturated carbocycles. The summed E-state index contributed by atoms with van der Waals surface area (Å²) in [5, 5.41) is 0. The van der Waals surface area contributed by atoms with Gasteiger partial charge in [0.1, 0.15) is 5.82 Å². The van der Waals surface area contributed by atoms with Gasteiger partial charge in [-0.25, -0.2) is 9.97 Å². The van der Waals surface area contributed by atoms with Crippen LogP contribution in [0, 0.1) is 5.92 Å². The maximum absolute atomic E-state index is 4.68. The van der Waals surface area contributed by atoms with E-state index >= 15 is 0 Å². The molecule has 3 heterocycles. The van der Waals surface area contributed by atoms with Crippen molar-refractivity contribution in [3.63, 3.8) is 0 Å². The van der Waals surface area contributed by atoms with Crippen LogP contribution in [0.3, 0.4) is 0 Å². The predicted octanol–water partition coefficient (Wildman–Crippen LogP) is 2.66. The Bertz CT molecular complexity index is 494. The van der Waals surface area contributed by atoms with Crippen molar-refractivity contribution in [3.05, 3.63) is 23.8 Å². The van der Waals surface area contributed by atoms with Crippen LogP contribution in [0.5, 0.6) is 0 Å². The largest absolute Gasteiger partial charge is 0.302 e. The molecule has 0 amide bonds. The van der Waals surface area contributed by atoms with Gasteiger partial charge in [-0.15, -0.1) is 0 Å². The van der Waals surface area contributed by atoms with Crippen LogP contribution in [0.4, 0.5) is 0 Å².